The van der Waals surface area contributed by atoms with Crippen LogP contribution in [0.2, 0.25) is 0 Å². The molecule has 0 spiro atoms. The fourth-order valence-electron chi connectivity index (χ4n) is 3.54. The van der Waals surface area contributed by atoms with Crippen LogP contribution in [0, 0.1) is 11.7 Å². The molecule has 7 nitrogen and oxygen atoms in total. The Morgan fingerprint density at radius 1 is 1.31 bits per heavy atom. The maximum Gasteiger partial charge on any atom is 0.332 e. The van der Waals surface area contributed by atoms with Crippen molar-refractivity contribution in [2.24, 2.45) is 5.92 Å². The number of carboxylic acid groups (broad SMARTS) is 1. The predicted octanol–water partition coefficient (Wildman–Crippen LogP) is 3.13. The summed E-state index contributed by atoms with van der Waals surface area (Å²) in [6, 6.07) is 2.55. The van der Waals surface area contributed by atoms with E-state index in [4.69, 9.17) is 5.11 Å². The Bertz CT molecular complexity index is 1060. The minimum Gasteiger partial charge on any atom is -0.478 e. The smallest absolute Gasteiger partial charge is 0.332 e. The molecule has 0 radical (unpaired) electrons. The Morgan fingerprint density at radius 3 is 2.59 bits per heavy atom. The van der Waals surface area contributed by atoms with Gasteiger partial charge in [-0.3, -0.25) is 13.9 Å². The molecule has 156 valence electrons. The summed E-state index contributed by atoms with van der Waals surface area (Å²) in [5, 5.41) is 12.0. The molecule has 1 heterocycles. The molecular weight excluding hydrogens is 377 g/mol. The van der Waals surface area contributed by atoms with Crippen LogP contribution in [0.25, 0.3) is 10.9 Å². The van der Waals surface area contributed by atoms with Crippen molar-refractivity contribution >= 4 is 22.6 Å². The van der Waals surface area contributed by atoms with Gasteiger partial charge >= 0.3 is 11.7 Å². The van der Waals surface area contributed by atoms with E-state index < -0.39 is 23.0 Å². The molecule has 0 aliphatic heterocycles. The van der Waals surface area contributed by atoms with Crippen LogP contribution in [0.15, 0.2) is 33.9 Å². The molecule has 1 saturated carbocycles. The lowest BCUT2D eigenvalue weighted by molar-refractivity contribution is -0.131. The molecule has 0 saturated heterocycles. The van der Waals surface area contributed by atoms with E-state index in [0.29, 0.717) is 30.8 Å². The monoisotopic (exact) mass is 403 g/mol. The minimum absolute atomic E-state index is 0.106. The van der Waals surface area contributed by atoms with Crippen LogP contribution in [-0.4, -0.2) is 26.8 Å². The highest BCUT2D eigenvalue weighted by atomic mass is 19.1. The predicted molar refractivity (Wildman–Crippen MR) is 110 cm³/mol. The third kappa shape index (κ3) is 4.41. The van der Waals surface area contributed by atoms with Gasteiger partial charge in [-0.05, 0) is 43.7 Å². The molecule has 1 aromatic carbocycles. The number of nitrogens with one attached hydrogen (secondary N) is 1. The van der Waals surface area contributed by atoms with Crippen LogP contribution in [-0.2, 0) is 11.3 Å². The van der Waals surface area contributed by atoms with Crippen molar-refractivity contribution in [3.05, 3.63) is 50.9 Å². The van der Waals surface area contributed by atoms with Crippen LogP contribution in [0.5, 0.6) is 0 Å². The number of allylic oxidation sites excluding steroid dienone is 1. The van der Waals surface area contributed by atoms with E-state index in [0.717, 1.165) is 23.5 Å². The number of rotatable bonds is 9. The lowest BCUT2D eigenvalue weighted by Crippen LogP contribution is -2.41. The molecule has 3 rings (SSSR count). The third-order valence-corrected chi connectivity index (χ3v) is 5.39. The van der Waals surface area contributed by atoms with Crippen molar-refractivity contribution in [1.82, 2.24) is 9.13 Å². The van der Waals surface area contributed by atoms with E-state index in [-0.39, 0.29) is 23.7 Å². The molecule has 0 bridgehead atoms. The van der Waals surface area contributed by atoms with E-state index >= 15 is 0 Å². The molecule has 0 amide bonds. The fraction of sp³-hybridized carbons (Fsp3) is 0.476. The summed E-state index contributed by atoms with van der Waals surface area (Å²) in [5.41, 5.74) is -0.473. The molecule has 1 aliphatic carbocycles. The molecule has 2 N–H and O–H groups in total. The number of aromatic nitrogens is 2. The van der Waals surface area contributed by atoms with Gasteiger partial charge in [-0.2, -0.15) is 0 Å². The maximum absolute atomic E-state index is 14.7. The van der Waals surface area contributed by atoms with E-state index in [9.17, 15) is 18.8 Å². The largest absolute Gasteiger partial charge is 0.478 e. The van der Waals surface area contributed by atoms with Crippen LogP contribution in [0.4, 0.5) is 10.1 Å². The van der Waals surface area contributed by atoms with Gasteiger partial charge in [0, 0.05) is 25.2 Å². The van der Waals surface area contributed by atoms with Crippen LogP contribution in [0.3, 0.4) is 0 Å². The highest BCUT2D eigenvalue weighted by Gasteiger charge is 2.23. The number of anilines is 1. The van der Waals surface area contributed by atoms with Crippen molar-refractivity contribution in [1.29, 1.82) is 0 Å². The fourth-order valence-corrected chi connectivity index (χ4v) is 3.54. The van der Waals surface area contributed by atoms with Gasteiger partial charge in [0.2, 0.25) is 0 Å². The Morgan fingerprint density at radius 2 is 2.00 bits per heavy atom. The summed E-state index contributed by atoms with van der Waals surface area (Å²) in [6.45, 7) is 4.36. The molecule has 29 heavy (non-hydrogen) atoms. The van der Waals surface area contributed by atoms with Gasteiger partial charge in [0.15, 0.2) is 0 Å². The maximum atomic E-state index is 14.7. The average Bonchev–Trinajstić information content (AvgIpc) is 3.51. The van der Waals surface area contributed by atoms with Crippen LogP contribution in [0.1, 0.15) is 45.6 Å². The number of nitrogens with zero attached hydrogens (tertiary/aromatic N) is 2. The number of carbonyl (C=O) groups is 1. The normalized spacial score (nSPS) is 14.2. The Hall–Kier alpha value is -2.90. The van der Waals surface area contributed by atoms with Crippen molar-refractivity contribution in [3.63, 3.8) is 0 Å². The summed E-state index contributed by atoms with van der Waals surface area (Å²) in [7, 11) is 0. The number of benzene rings is 1. The average molecular weight is 403 g/mol. The number of carboxylic acids is 1. The molecule has 0 unspecified atom stereocenters. The molecule has 1 aliphatic rings. The summed E-state index contributed by atoms with van der Waals surface area (Å²) in [5.74, 6) is -1.17. The minimum atomic E-state index is -1.17. The highest BCUT2D eigenvalue weighted by Crippen LogP contribution is 2.30. The summed E-state index contributed by atoms with van der Waals surface area (Å²) in [4.78, 5) is 36.8. The number of hydrogen-bond donors (Lipinski definition) is 2. The summed E-state index contributed by atoms with van der Waals surface area (Å²) in [6.07, 6.45) is 5.68. The topological polar surface area (TPSA) is 93.3 Å². The van der Waals surface area contributed by atoms with Crippen LogP contribution < -0.4 is 16.6 Å². The van der Waals surface area contributed by atoms with Gasteiger partial charge in [-0.15, -0.1) is 0 Å². The third-order valence-electron chi connectivity index (χ3n) is 5.39. The van der Waals surface area contributed by atoms with Crippen molar-refractivity contribution in [2.75, 3.05) is 11.9 Å². The second kappa shape index (κ2) is 8.63. The summed E-state index contributed by atoms with van der Waals surface area (Å²) >= 11 is 0. The van der Waals surface area contributed by atoms with E-state index in [1.54, 1.807) is 6.07 Å². The zero-order valence-corrected chi connectivity index (χ0v) is 16.7. The van der Waals surface area contributed by atoms with Crippen molar-refractivity contribution < 1.29 is 14.3 Å². The lowest BCUT2D eigenvalue weighted by Gasteiger charge is -2.21. The quantitative estimate of drug-likeness (QED) is 0.628. The molecule has 2 aromatic rings. The first-order chi connectivity index (χ1) is 13.9. The number of halogens is 1. The SMILES string of the molecule is CCC(CC)n1c(=O)n(C/C=C/C(=O)O)c(=O)c2cc(F)c(NCC3CC3)cc21. The molecular formula is C21H26FN3O4. The molecule has 1 aromatic heterocycles. The molecule has 1 fully saturated rings. The van der Waals surface area contributed by atoms with Crippen molar-refractivity contribution in [2.45, 2.75) is 52.1 Å². The first-order valence-corrected chi connectivity index (χ1v) is 9.99. The summed E-state index contributed by atoms with van der Waals surface area (Å²) < 4.78 is 17.2. The zero-order valence-electron chi connectivity index (χ0n) is 16.7. The molecule has 8 heteroatoms. The van der Waals surface area contributed by atoms with Gasteiger partial charge in [0.25, 0.3) is 5.56 Å². The number of hydrogen-bond acceptors (Lipinski definition) is 4. The lowest BCUT2D eigenvalue weighted by atomic mass is 10.1. The van der Waals surface area contributed by atoms with E-state index in [1.165, 1.54) is 16.7 Å². The van der Waals surface area contributed by atoms with E-state index in [2.05, 4.69) is 5.32 Å². The molecule has 0 atom stereocenters. The Balaban J connectivity index is 2.20. The van der Waals surface area contributed by atoms with Crippen molar-refractivity contribution in [3.8, 4) is 0 Å². The van der Waals surface area contributed by atoms with Gasteiger partial charge in [-0.1, -0.05) is 19.9 Å². The van der Waals surface area contributed by atoms with Crippen LogP contribution >= 0.6 is 0 Å². The Kier molecular flexibility index (Phi) is 6.20. The Labute approximate surface area is 167 Å². The zero-order chi connectivity index (χ0) is 21.1. The van der Waals surface area contributed by atoms with Gasteiger partial charge < -0.3 is 10.4 Å². The standard InChI is InChI=1S/C21H26FN3O4/c1-3-14(4-2)25-18-11-17(23-12-13-7-8-13)16(22)10-15(18)20(28)24(21(25)29)9-5-6-19(26)27/h5-6,10-11,13-14,23H,3-4,7-9,12H2,1-2H3,(H,26,27)/b6-5+. The van der Waals surface area contributed by atoms with Gasteiger partial charge in [-0.25, -0.2) is 14.0 Å². The van der Waals surface area contributed by atoms with Gasteiger partial charge in [0.05, 0.1) is 16.6 Å². The number of aliphatic carboxylic acids is 1. The second-order valence-electron chi connectivity index (χ2n) is 7.45. The first kappa shape index (κ1) is 20.8. The number of fused-ring (bicyclic) bond motifs is 1. The second-order valence-corrected chi connectivity index (χ2v) is 7.45. The van der Waals surface area contributed by atoms with Gasteiger partial charge in [0.1, 0.15) is 5.82 Å². The van der Waals surface area contributed by atoms with E-state index in [1.807, 2.05) is 13.8 Å². The highest BCUT2D eigenvalue weighted by molar-refractivity contribution is 5.82. The first-order valence-electron chi connectivity index (χ1n) is 9.99.